The predicted octanol–water partition coefficient (Wildman–Crippen LogP) is 1.58. The molecule has 96 valence electrons. The van der Waals surface area contributed by atoms with Crippen molar-refractivity contribution in [1.82, 2.24) is 0 Å². The van der Waals surface area contributed by atoms with Gasteiger partial charge in [-0.15, -0.1) is 0 Å². The summed E-state index contributed by atoms with van der Waals surface area (Å²) < 4.78 is 14.3. The van der Waals surface area contributed by atoms with E-state index in [1.807, 2.05) is 0 Å². The van der Waals surface area contributed by atoms with Crippen LogP contribution in [-0.2, 0) is 14.3 Å². The molecule has 18 heavy (non-hydrogen) atoms. The summed E-state index contributed by atoms with van der Waals surface area (Å²) in [6.07, 6.45) is 2.61. The number of methoxy groups -OCH3 is 2. The average molecular weight is 250 g/mol. The van der Waals surface area contributed by atoms with E-state index in [1.54, 1.807) is 31.4 Å². The maximum absolute atomic E-state index is 11.5. The molecule has 0 radical (unpaired) electrons. The first-order chi connectivity index (χ1) is 8.67. The fourth-order valence-corrected chi connectivity index (χ4v) is 1.15. The molecule has 0 saturated carbocycles. The normalized spacial score (nSPS) is 10.1. The standard InChI is InChI=1S/C13H14O5/c1-16-11-7-5-10(6-8-11)13(15)18-9-3-4-12(14)17-2/h3-8H,9H2,1-2H3/b4-3+. The Labute approximate surface area is 105 Å². The first kappa shape index (κ1) is 13.8. The molecule has 0 spiro atoms. The van der Waals surface area contributed by atoms with Crippen molar-refractivity contribution in [3.63, 3.8) is 0 Å². The van der Waals surface area contributed by atoms with Crippen molar-refractivity contribution < 1.29 is 23.8 Å². The average Bonchev–Trinajstić information content (AvgIpc) is 2.43. The number of ether oxygens (including phenoxy) is 3. The molecule has 0 saturated heterocycles. The molecule has 0 unspecified atom stereocenters. The molecular formula is C13H14O5. The minimum Gasteiger partial charge on any atom is -0.497 e. The van der Waals surface area contributed by atoms with Gasteiger partial charge in [-0.1, -0.05) is 0 Å². The van der Waals surface area contributed by atoms with Gasteiger partial charge in [0.2, 0.25) is 0 Å². The second-order valence-electron chi connectivity index (χ2n) is 3.25. The van der Waals surface area contributed by atoms with E-state index in [0.29, 0.717) is 11.3 Å². The summed E-state index contributed by atoms with van der Waals surface area (Å²) in [5, 5.41) is 0. The van der Waals surface area contributed by atoms with Crippen LogP contribution in [0.1, 0.15) is 10.4 Å². The first-order valence-electron chi connectivity index (χ1n) is 5.23. The number of hydrogen-bond donors (Lipinski definition) is 0. The summed E-state index contributed by atoms with van der Waals surface area (Å²) in [6, 6.07) is 6.54. The molecule has 0 atom stereocenters. The summed E-state index contributed by atoms with van der Waals surface area (Å²) in [6.45, 7) is 0.0139. The third kappa shape index (κ3) is 4.29. The summed E-state index contributed by atoms with van der Waals surface area (Å²) in [4.78, 5) is 22.3. The predicted molar refractivity (Wildman–Crippen MR) is 64.4 cm³/mol. The lowest BCUT2D eigenvalue weighted by Crippen LogP contribution is -2.05. The topological polar surface area (TPSA) is 61.8 Å². The smallest absolute Gasteiger partial charge is 0.338 e. The highest BCUT2D eigenvalue weighted by atomic mass is 16.5. The highest BCUT2D eigenvalue weighted by molar-refractivity contribution is 5.89. The molecule has 1 aromatic rings. The van der Waals surface area contributed by atoms with Crippen LogP contribution >= 0.6 is 0 Å². The molecule has 0 bridgehead atoms. The van der Waals surface area contributed by atoms with Gasteiger partial charge in [0.25, 0.3) is 0 Å². The van der Waals surface area contributed by atoms with Crippen molar-refractivity contribution in [2.24, 2.45) is 0 Å². The van der Waals surface area contributed by atoms with Gasteiger partial charge in [0.15, 0.2) is 0 Å². The summed E-state index contributed by atoms with van der Waals surface area (Å²) in [5.41, 5.74) is 0.419. The second-order valence-corrected chi connectivity index (χ2v) is 3.25. The van der Waals surface area contributed by atoms with Crippen molar-refractivity contribution in [1.29, 1.82) is 0 Å². The molecule has 0 amide bonds. The van der Waals surface area contributed by atoms with Crippen LogP contribution in [0.4, 0.5) is 0 Å². The zero-order valence-corrected chi connectivity index (χ0v) is 10.2. The number of rotatable bonds is 5. The zero-order chi connectivity index (χ0) is 13.4. The van der Waals surface area contributed by atoms with Gasteiger partial charge < -0.3 is 14.2 Å². The van der Waals surface area contributed by atoms with E-state index in [0.717, 1.165) is 0 Å². The Morgan fingerprint density at radius 1 is 1.17 bits per heavy atom. The molecule has 5 nitrogen and oxygen atoms in total. The minimum atomic E-state index is -0.490. The number of carbonyl (C=O) groups excluding carboxylic acids is 2. The van der Waals surface area contributed by atoms with Crippen LogP contribution in [0.15, 0.2) is 36.4 Å². The molecule has 1 rings (SSSR count). The maximum Gasteiger partial charge on any atom is 0.338 e. The van der Waals surface area contributed by atoms with Gasteiger partial charge in [0.05, 0.1) is 19.8 Å². The number of hydrogen-bond acceptors (Lipinski definition) is 5. The van der Waals surface area contributed by atoms with E-state index in [1.165, 1.54) is 19.3 Å². The van der Waals surface area contributed by atoms with E-state index in [-0.39, 0.29) is 6.61 Å². The minimum absolute atomic E-state index is 0.0139. The summed E-state index contributed by atoms with van der Waals surface area (Å²) in [7, 11) is 2.82. The molecule has 0 N–H and O–H groups in total. The van der Waals surface area contributed by atoms with E-state index < -0.39 is 11.9 Å². The lowest BCUT2D eigenvalue weighted by atomic mass is 10.2. The Hall–Kier alpha value is -2.30. The molecular weight excluding hydrogens is 236 g/mol. The molecule has 5 heteroatoms. The van der Waals surface area contributed by atoms with Crippen molar-refractivity contribution in [2.45, 2.75) is 0 Å². The van der Waals surface area contributed by atoms with Crippen LogP contribution in [0, 0.1) is 0 Å². The Morgan fingerprint density at radius 3 is 2.39 bits per heavy atom. The lowest BCUT2D eigenvalue weighted by molar-refractivity contribution is -0.134. The van der Waals surface area contributed by atoms with Crippen LogP contribution in [0.2, 0.25) is 0 Å². The zero-order valence-electron chi connectivity index (χ0n) is 10.2. The van der Waals surface area contributed by atoms with E-state index >= 15 is 0 Å². The van der Waals surface area contributed by atoms with Gasteiger partial charge in [-0.05, 0) is 30.3 Å². The Bertz CT molecular complexity index is 433. The van der Waals surface area contributed by atoms with Gasteiger partial charge in [-0.25, -0.2) is 9.59 Å². The van der Waals surface area contributed by atoms with Crippen molar-refractivity contribution in [3.05, 3.63) is 42.0 Å². The number of esters is 2. The molecule has 0 aliphatic heterocycles. The monoisotopic (exact) mass is 250 g/mol. The maximum atomic E-state index is 11.5. The quantitative estimate of drug-likeness (QED) is 0.586. The summed E-state index contributed by atoms with van der Waals surface area (Å²) >= 11 is 0. The molecule has 0 aliphatic rings. The number of carbonyl (C=O) groups is 2. The van der Waals surface area contributed by atoms with Crippen molar-refractivity contribution >= 4 is 11.9 Å². The molecule has 0 aromatic heterocycles. The fourth-order valence-electron chi connectivity index (χ4n) is 1.15. The highest BCUT2D eigenvalue weighted by Gasteiger charge is 2.05. The first-order valence-corrected chi connectivity index (χ1v) is 5.23. The van der Waals surface area contributed by atoms with E-state index in [4.69, 9.17) is 9.47 Å². The Kier molecular flexibility index (Phi) is 5.44. The lowest BCUT2D eigenvalue weighted by Gasteiger charge is -2.03. The fraction of sp³-hybridized carbons (Fsp3) is 0.231. The van der Waals surface area contributed by atoms with E-state index in [2.05, 4.69) is 4.74 Å². The largest absolute Gasteiger partial charge is 0.497 e. The van der Waals surface area contributed by atoms with Gasteiger partial charge >= 0.3 is 11.9 Å². The molecule has 1 aromatic carbocycles. The van der Waals surface area contributed by atoms with Gasteiger partial charge in [-0.3, -0.25) is 0 Å². The van der Waals surface area contributed by atoms with Crippen LogP contribution in [0.3, 0.4) is 0 Å². The second kappa shape index (κ2) is 7.11. The Balaban J connectivity index is 2.45. The van der Waals surface area contributed by atoms with Gasteiger partial charge in [0, 0.05) is 6.08 Å². The highest BCUT2D eigenvalue weighted by Crippen LogP contribution is 2.11. The van der Waals surface area contributed by atoms with Crippen LogP contribution in [0.25, 0.3) is 0 Å². The van der Waals surface area contributed by atoms with Crippen molar-refractivity contribution in [3.8, 4) is 5.75 Å². The van der Waals surface area contributed by atoms with Crippen LogP contribution < -0.4 is 4.74 Å². The SMILES string of the molecule is COC(=O)/C=C/COC(=O)c1ccc(OC)cc1. The summed E-state index contributed by atoms with van der Waals surface area (Å²) in [5.74, 6) is -0.292. The number of benzene rings is 1. The van der Waals surface area contributed by atoms with Crippen molar-refractivity contribution in [2.75, 3.05) is 20.8 Å². The Morgan fingerprint density at radius 2 is 1.83 bits per heavy atom. The van der Waals surface area contributed by atoms with Crippen LogP contribution in [-0.4, -0.2) is 32.8 Å². The van der Waals surface area contributed by atoms with Crippen LogP contribution in [0.5, 0.6) is 5.75 Å². The molecule has 0 fully saturated rings. The van der Waals surface area contributed by atoms with E-state index in [9.17, 15) is 9.59 Å². The molecule has 0 aliphatic carbocycles. The molecule has 0 heterocycles. The van der Waals surface area contributed by atoms with Gasteiger partial charge in [0.1, 0.15) is 12.4 Å². The van der Waals surface area contributed by atoms with Gasteiger partial charge in [-0.2, -0.15) is 0 Å². The third-order valence-electron chi connectivity index (χ3n) is 2.09. The third-order valence-corrected chi connectivity index (χ3v) is 2.09.